The normalized spacial score (nSPS) is 24.9. The maximum atomic E-state index is 11.8. The van der Waals surface area contributed by atoms with Crippen molar-refractivity contribution in [3.63, 3.8) is 0 Å². The zero-order valence-electron chi connectivity index (χ0n) is 11.1. The molecule has 1 aliphatic heterocycles. The average Bonchev–Trinajstić information content (AvgIpc) is 2.72. The smallest absolute Gasteiger partial charge is 0.318 e. The lowest BCUT2D eigenvalue weighted by Gasteiger charge is -2.34. The summed E-state index contributed by atoms with van der Waals surface area (Å²) >= 11 is 0. The molecule has 1 heterocycles. The fraction of sp³-hybridized carbons (Fsp3) is 0.846. The van der Waals surface area contributed by atoms with Crippen LogP contribution in [0.5, 0.6) is 0 Å². The number of rotatable bonds is 2. The SMILES string of the molecule is C[C@H](C(=O)NC(N)=O)N1CCC2(CCCCC2)C1. The molecule has 5 heteroatoms. The van der Waals surface area contributed by atoms with Gasteiger partial charge in [-0.25, -0.2) is 4.79 Å². The van der Waals surface area contributed by atoms with E-state index in [-0.39, 0.29) is 11.9 Å². The minimum absolute atomic E-state index is 0.265. The van der Waals surface area contributed by atoms with Gasteiger partial charge in [-0.15, -0.1) is 0 Å². The highest BCUT2D eigenvalue weighted by Gasteiger charge is 2.41. The Hall–Kier alpha value is -1.10. The van der Waals surface area contributed by atoms with Crippen molar-refractivity contribution in [3.05, 3.63) is 0 Å². The van der Waals surface area contributed by atoms with Crippen molar-refractivity contribution in [3.8, 4) is 0 Å². The quantitative estimate of drug-likeness (QED) is 0.777. The number of hydrogen-bond donors (Lipinski definition) is 2. The molecule has 1 atom stereocenters. The third kappa shape index (κ3) is 2.83. The standard InChI is InChI=1S/C13H23N3O2/c1-10(11(17)15-12(14)18)16-8-7-13(9-16)5-3-2-4-6-13/h10H,2-9H2,1H3,(H3,14,15,17,18)/t10-/m1/s1. The highest BCUT2D eigenvalue weighted by Crippen LogP contribution is 2.44. The van der Waals surface area contributed by atoms with Gasteiger partial charge in [0.2, 0.25) is 5.91 Å². The molecular weight excluding hydrogens is 230 g/mol. The van der Waals surface area contributed by atoms with Crippen molar-refractivity contribution < 1.29 is 9.59 Å². The summed E-state index contributed by atoms with van der Waals surface area (Å²) < 4.78 is 0. The molecule has 3 amide bonds. The van der Waals surface area contributed by atoms with E-state index >= 15 is 0 Å². The van der Waals surface area contributed by atoms with E-state index in [9.17, 15) is 9.59 Å². The second-order valence-corrected chi connectivity index (χ2v) is 5.81. The number of carbonyl (C=O) groups excluding carboxylic acids is 2. The van der Waals surface area contributed by atoms with E-state index in [0.29, 0.717) is 5.41 Å². The van der Waals surface area contributed by atoms with Crippen LogP contribution in [0.4, 0.5) is 4.79 Å². The van der Waals surface area contributed by atoms with Crippen molar-refractivity contribution in [2.75, 3.05) is 13.1 Å². The van der Waals surface area contributed by atoms with Gasteiger partial charge in [-0.3, -0.25) is 15.0 Å². The van der Waals surface area contributed by atoms with E-state index in [1.165, 1.54) is 38.5 Å². The molecule has 2 rings (SSSR count). The molecule has 1 saturated heterocycles. The summed E-state index contributed by atoms with van der Waals surface area (Å²) in [6.45, 7) is 3.79. The van der Waals surface area contributed by atoms with Gasteiger partial charge in [0, 0.05) is 6.54 Å². The molecule has 102 valence electrons. The Balaban J connectivity index is 1.91. The maximum absolute atomic E-state index is 11.8. The van der Waals surface area contributed by atoms with Gasteiger partial charge in [-0.1, -0.05) is 19.3 Å². The third-order valence-electron chi connectivity index (χ3n) is 4.56. The number of likely N-dealkylation sites (tertiary alicyclic amines) is 1. The Morgan fingerprint density at radius 1 is 1.22 bits per heavy atom. The fourth-order valence-electron chi connectivity index (χ4n) is 3.40. The molecule has 0 aromatic rings. The number of amides is 3. The largest absolute Gasteiger partial charge is 0.351 e. The first kappa shape index (κ1) is 13.3. The fourth-order valence-corrected chi connectivity index (χ4v) is 3.40. The number of nitrogens with two attached hydrogens (primary N) is 1. The van der Waals surface area contributed by atoms with Crippen LogP contribution in [-0.4, -0.2) is 36.0 Å². The molecule has 2 aliphatic rings. The number of hydrogen-bond acceptors (Lipinski definition) is 3. The molecule has 0 aromatic carbocycles. The zero-order chi connectivity index (χ0) is 13.2. The second kappa shape index (κ2) is 5.26. The molecule has 0 unspecified atom stereocenters. The molecule has 0 radical (unpaired) electrons. The third-order valence-corrected chi connectivity index (χ3v) is 4.56. The summed E-state index contributed by atoms with van der Waals surface area (Å²) in [6.07, 6.45) is 7.73. The van der Waals surface area contributed by atoms with E-state index in [2.05, 4.69) is 10.2 Å². The first-order chi connectivity index (χ1) is 8.52. The van der Waals surface area contributed by atoms with Gasteiger partial charge in [-0.2, -0.15) is 0 Å². The second-order valence-electron chi connectivity index (χ2n) is 5.81. The van der Waals surface area contributed by atoms with E-state index in [4.69, 9.17) is 5.73 Å². The van der Waals surface area contributed by atoms with Crippen molar-refractivity contribution in [1.82, 2.24) is 10.2 Å². The molecule has 3 N–H and O–H groups in total. The lowest BCUT2D eigenvalue weighted by atomic mass is 9.73. The Labute approximate surface area is 108 Å². The minimum atomic E-state index is -0.765. The van der Waals surface area contributed by atoms with Crippen molar-refractivity contribution in [2.45, 2.75) is 51.5 Å². The van der Waals surface area contributed by atoms with Crippen LogP contribution in [0.2, 0.25) is 0 Å². The van der Waals surface area contributed by atoms with Gasteiger partial charge in [0.05, 0.1) is 6.04 Å². The Kier molecular flexibility index (Phi) is 3.90. The summed E-state index contributed by atoms with van der Waals surface area (Å²) in [5.74, 6) is -0.282. The van der Waals surface area contributed by atoms with Gasteiger partial charge in [-0.05, 0) is 38.1 Å². The Morgan fingerprint density at radius 2 is 1.89 bits per heavy atom. The van der Waals surface area contributed by atoms with Crippen molar-refractivity contribution in [1.29, 1.82) is 0 Å². The monoisotopic (exact) mass is 253 g/mol. The summed E-state index contributed by atoms with van der Waals surface area (Å²) in [5, 5.41) is 2.17. The highest BCUT2D eigenvalue weighted by molar-refractivity contribution is 5.96. The number of nitrogens with one attached hydrogen (secondary N) is 1. The maximum Gasteiger partial charge on any atom is 0.318 e. The topological polar surface area (TPSA) is 75.4 Å². The molecule has 0 bridgehead atoms. The van der Waals surface area contributed by atoms with Gasteiger partial charge < -0.3 is 5.73 Å². The molecular formula is C13H23N3O2. The molecule has 1 aliphatic carbocycles. The van der Waals surface area contributed by atoms with Gasteiger partial charge >= 0.3 is 6.03 Å². The van der Waals surface area contributed by atoms with E-state index in [1.54, 1.807) is 0 Å². The number of nitrogens with zero attached hydrogens (tertiary/aromatic N) is 1. The van der Waals surface area contributed by atoms with Crippen LogP contribution >= 0.6 is 0 Å². The van der Waals surface area contributed by atoms with Crippen LogP contribution in [-0.2, 0) is 4.79 Å². The number of carbonyl (C=O) groups is 2. The van der Waals surface area contributed by atoms with Crippen LogP contribution in [0, 0.1) is 5.41 Å². The lowest BCUT2D eigenvalue weighted by molar-refractivity contribution is -0.124. The molecule has 5 nitrogen and oxygen atoms in total. The van der Waals surface area contributed by atoms with Crippen molar-refractivity contribution in [2.24, 2.45) is 11.1 Å². The van der Waals surface area contributed by atoms with Gasteiger partial charge in [0.1, 0.15) is 0 Å². The van der Waals surface area contributed by atoms with Crippen LogP contribution in [0.25, 0.3) is 0 Å². The van der Waals surface area contributed by atoms with E-state index < -0.39 is 6.03 Å². The van der Waals surface area contributed by atoms with Gasteiger partial charge in [0.25, 0.3) is 0 Å². The highest BCUT2D eigenvalue weighted by atomic mass is 16.2. The summed E-state index contributed by atoms with van der Waals surface area (Å²) in [6, 6.07) is -1.03. The summed E-state index contributed by atoms with van der Waals surface area (Å²) in [7, 11) is 0. The van der Waals surface area contributed by atoms with Gasteiger partial charge in [0.15, 0.2) is 0 Å². The van der Waals surface area contributed by atoms with Crippen LogP contribution in [0.15, 0.2) is 0 Å². The van der Waals surface area contributed by atoms with Crippen LogP contribution in [0.3, 0.4) is 0 Å². The minimum Gasteiger partial charge on any atom is -0.351 e. The average molecular weight is 253 g/mol. The molecule has 18 heavy (non-hydrogen) atoms. The molecule has 0 aromatic heterocycles. The van der Waals surface area contributed by atoms with Crippen molar-refractivity contribution >= 4 is 11.9 Å². The summed E-state index contributed by atoms with van der Waals surface area (Å²) in [4.78, 5) is 24.6. The molecule has 1 spiro atoms. The number of imide groups is 1. The van der Waals surface area contributed by atoms with E-state index in [1.807, 2.05) is 6.92 Å². The zero-order valence-corrected chi connectivity index (χ0v) is 11.1. The molecule has 2 fully saturated rings. The Morgan fingerprint density at radius 3 is 2.50 bits per heavy atom. The van der Waals surface area contributed by atoms with E-state index in [0.717, 1.165) is 13.1 Å². The number of primary amides is 1. The first-order valence-corrected chi connectivity index (χ1v) is 6.87. The first-order valence-electron chi connectivity index (χ1n) is 6.87. The predicted octanol–water partition coefficient (Wildman–Crippen LogP) is 1.23. The number of urea groups is 1. The van der Waals surface area contributed by atoms with Crippen LogP contribution in [0.1, 0.15) is 45.4 Å². The Bertz CT molecular complexity index is 337. The predicted molar refractivity (Wildman–Crippen MR) is 68.9 cm³/mol. The summed E-state index contributed by atoms with van der Waals surface area (Å²) in [5.41, 5.74) is 5.41. The lowest BCUT2D eigenvalue weighted by Crippen LogP contribution is -2.48. The van der Waals surface area contributed by atoms with Crippen LogP contribution < -0.4 is 11.1 Å². The molecule has 1 saturated carbocycles.